The van der Waals surface area contributed by atoms with Gasteiger partial charge in [-0.2, -0.15) is 8.42 Å². The van der Waals surface area contributed by atoms with Crippen LogP contribution in [0.5, 0.6) is 0 Å². The Morgan fingerprint density at radius 3 is 2.92 bits per heavy atom. The lowest BCUT2D eigenvalue weighted by Crippen LogP contribution is -2.45. The maximum Gasteiger partial charge on any atom is 0.310 e. The van der Waals surface area contributed by atoms with Crippen molar-refractivity contribution in [2.45, 2.75) is 23.5 Å². The van der Waals surface area contributed by atoms with Crippen molar-refractivity contribution in [1.29, 1.82) is 0 Å². The standard InChI is InChI=1S/C17H27NO5S3/c1-22-17(19)15-13-18(9-12-25-16-6-4-11-24-16)8-7-14(15)5-3-10-23-26(2,20)21/h4,6,11,14-15H,3,5,7-10,12-13H2,1-2H3. The Morgan fingerprint density at radius 2 is 2.27 bits per heavy atom. The van der Waals surface area contributed by atoms with Crippen LogP contribution in [0, 0.1) is 11.8 Å². The second kappa shape index (κ2) is 10.7. The van der Waals surface area contributed by atoms with Crippen LogP contribution in [0.4, 0.5) is 0 Å². The van der Waals surface area contributed by atoms with E-state index in [2.05, 4.69) is 22.4 Å². The number of hydrogen-bond donors (Lipinski definition) is 0. The van der Waals surface area contributed by atoms with Gasteiger partial charge in [-0.25, -0.2) is 0 Å². The van der Waals surface area contributed by atoms with E-state index < -0.39 is 10.1 Å². The van der Waals surface area contributed by atoms with Gasteiger partial charge in [-0.05, 0) is 43.2 Å². The van der Waals surface area contributed by atoms with Crippen molar-refractivity contribution in [3.05, 3.63) is 17.5 Å². The number of carbonyl (C=O) groups excluding carboxylic acids is 1. The normalized spacial score (nSPS) is 21.6. The maximum absolute atomic E-state index is 12.2. The molecule has 0 aliphatic carbocycles. The SMILES string of the molecule is COC(=O)C1CN(CCSc2cccs2)CCC1CCCOS(C)(=O)=O. The van der Waals surface area contributed by atoms with Gasteiger partial charge < -0.3 is 9.64 Å². The quantitative estimate of drug-likeness (QED) is 0.249. The van der Waals surface area contributed by atoms with Crippen LogP contribution in [-0.2, 0) is 23.8 Å². The molecule has 2 atom stereocenters. The van der Waals surface area contributed by atoms with Gasteiger partial charge in [0.2, 0.25) is 0 Å². The van der Waals surface area contributed by atoms with Crippen molar-refractivity contribution in [2.24, 2.45) is 11.8 Å². The molecule has 2 heterocycles. The Hall–Kier alpha value is -0.610. The fourth-order valence-electron chi connectivity index (χ4n) is 3.21. The predicted molar refractivity (Wildman–Crippen MR) is 105 cm³/mol. The zero-order chi connectivity index (χ0) is 19.0. The molecule has 0 radical (unpaired) electrons. The number of hydrogen-bond acceptors (Lipinski definition) is 8. The van der Waals surface area contributed by atoms with Crippen molar-refractivity contribution >= 4 is 39.2 Å². The number of nitrogens with zero attached hydrogens (tertiary/aromatic N) is 1. The first-order valence-electron chi connectivity index (χ1n) is 8.70. The van der Waals surface area contributed by atoms with Crippen molar-refractivity contribution in [3.63, 3.8) is 0 Å². The third kappa shape index (κ3) is 7.56. The number of rotatable bonds is 10. The van der Waals surface area contributed by atoms with Gasteiger partial charge in [0.1, 0.15) is 0 Å². The predicted octanol–water partition coefficient (Wildman–Crippen LogP) is 2.71. The Morgan fingerprint density at radius 1 is 1.46 bits per heavy atom. The summed E-state index contributed by atoms with van der Waals surface area (Å²) in [5, 5.41) is 2.08. The number of methoxy groups -OCH3 is 1. The largest absolute Gasteiger partial charge is 0.469 e. The number of thiophene rings is 1. The lowest BCUT2D eigenvalue weighted by atomic mass is 9.82. The second-order valence-corrected chi connectivity index (χ2v) is 10.4. The summed E-state index contributed by atoms with van der Waals surface area (Å²) in [6.45, 7) is 2.77. The van der Waals surface area contributed by atoms with Crippen molar-refractivity contribution in [2.75, 3.05) is 45.4 Å². The molecule has 2 rings (SSSR count). The maximum atomic E-state index is 12.2. The molecular weight excluding hydrogens is 394 g/mol. The molecule has 0 saturated carbocycles. The summed E-state index contributed by atoms with van der Waals surface area (Å²) < 4.78 is 33.2. The van der Waals surface area contributed by atoms with Crippen LogP contribution < -0.4 is 0 Å². The van der Waals surface area contributed by atoms with Gasteiger partial charge in [-0.15, -0.1) is 23.1 Å². The van der Waals surface area contributed by atoms with E-state index in [0.717, 1.165) is 37.9 Å². The zero-order valence-electron chi connectivity index (χ0n) is 15.3. The summed E-state index contributed by atoms with van der Waals surface area (Å²) in [6.07, 6.45) is 3.37. The lowest BCUT2D eigenvalue weighted by molar-refractivity contribution is -0.150. The van der Waals surface area contributed by atoms with Gasteiger partial charge in [-0.1, -0.05) is 6.07 Å². The molecule has 26 heavy (non-hydrogen) atoms. The van der Waals surface area contributed by atoms with E-state index in [1.807, 2.05) is 11.8 Å². The average molecular weight is 422 g/mol. The van der Waals surface area contributed by atoms with Crippen LogP contribution in [0.1, 0.15) is 19.3 Å². The third-order valence-electron chi connectivity index (χ3n) is 4.51. The van der Waals surface area contributed by atoms with E-state index in [1.165, 1.54) is 11.3 Å². The molecule has 1 fully saturated rings. The number of ether oxygens (including phenoxy) is 1. The van der Waals surface area contributed by atoms with E-state index in [-0.39, 0.29) is 24.4 Å². The summed E-state index contributed by atoms with van der Waals surface area (Å²) in [7, 11) is -1.97. The van der Waals surface area contributed by atoms with Gasteiger partial charge in [0.15, 0.2) is 0 Å². The molecule has 0 amide bonds. The molecule has 0 N–H and O–H groups in total. The number of piperidine rings is 1. The van der Waals surface area contributed by atoms with Crippen LogP contribution in [0.25, 0.3) is 0 Å². The first kappa shape index (κ1) is 21.7. The summed E-state index contributed by atoms with van der Waals surface area (Å²) in [6, 6.07) is 4.18. The van der Waals surface area contributed by atoms with Crippen LogP contribution in [0.2, 0.25) is 0 Å². The van der Waals surface area contributed by atoms with E-state index in [0.29, 0.717) is 13.0 Å². The van der Waals surface area contributed by atoms with Crippen molar-refractivity contribution < 1.29 is 22.1 Å². The highest BCUT2D eigenvalue weighted by Gasteiger charge is 2.34. The summed E-state index contributed by atoms with van der Waals surface area (Å²) in [5.74, 6) is 0.890. The molecule has 9 heteroatoms. The van der Waals surface area contributed by atoms with Gasteiger partial charge in [0.25, 0.3) is 10.1 Å². The highest BCUT2D eigenvalue weighted by molar-refractivity contribution is 8.01. The third-order valence-corrected chi connectivity index (χ3v) is 7.21. The minimum Gasteiger partial charge on any atom is -0.469 e. The highest BCUT2D eigenvalue weighted by atomic mass is 32.2. The van der Waals surface area contributed by atoms with E-state index in [4.69, 9.17) is 8.92 Å². The molecule has 1 saturated heterocycles. The van der Waals surface area contributed by atoms with Crippen LogP contribution >= 0.6 is 23.1 Å². The molecular formula is C17H27NO5S3. The Labute approximate surface area is 164 Å². The van der Waals surface area contributed by atoms with Crippen LogP contribution in [-0.4, -0.2) is 64.6 Å². The summed E-state index contributed by atoms with van der Waals surface area (Å²) in [4.78, 5) is 14.5. The first-order valence-corrected chi connectivity index (χ1v) is 12.4. The van der Waals surface area contributed by atoms with Gasteiger partial charge in [0.05, 0.1) is 30.1 Å². The van der Waals surface area contributed by atoms with Crippen molar-refractivity contribution in [3.8, 4) is 0 Å². The summed E-state index contributed by atoms with van der Waals surface area (Å²) >= 11 is 3.59. The van der Waals surface area contributed by atoms with Crippen LogP contribution in [0.3, 0.4) is 0 Å². The van der Waals surface area contributed by atoms with Gasteiger partial charge >= 0.3 is 5.97 Å². The van der Waals surface area contributed by atoms with Gasteiger partial charge in [-0.3, -0.25) is 8.98 Å². The monoisotopic (exact) mass is 421 g/mol. The molecule has 0 bridgehead atoms. The zero-order valence-corrected chi connectivity index (χ0v) is 17.7. The number of likely N-dealkylation sites (tertiary alicyclic amines) is 1. The number of carbonyl (C=O) groups is 1. The highest BCUT2D eigenvalue weighted by Crippen LogP contribution is 2.30. The Bertz CT molecular complexity index is 647. The smallest absolute Gasteiger partial charge is 0.310 e. The molecule has 1 aliphatic rings. The molecule has 6 nitrogen and oxygen atoms in total. The van der Waals surface area contributed by atoms with Crippen molar-refractivity contribution in [1.82, 2.24) is 4.90 Å². The fourth-order valence-corrected chi connectivity index (χ4v) is 5.50. The fraction of sp³-hybridized carbons (Fsp3) is 0.706. The molecule has 0 aromatic carbocycles. The van der Waals surface area contributed by atoms with Gasteiger partial charge in [0, 0.05) is 18.8 Å². The lowest BCUT2D eigenvalue weighted by Gasteiger charge is -2.37. The molecule has 148 valence electrons. The Balaban J connectivity index is 1.78. The van der Waals surface area contributed by atoms with E-state index >= 15 is 0 Å². The number of thioether (sulfide) groups is 1. The van der Waals surface area contributed by atoms with E-state index in [1.54, 1.807) is 11.3 Å². The minimum atomic E-state index is -3.40. The molecule has 1 aliphatic heterocycles. The average Bonchev–Trinajstić information content (AvgIpc) is 3.11. The summed E-state index contributed by atoms with van der Waals surface area (Å²) in [5.41, 5.74) is 0. The second-order valence-electron chi connectivity index (χ2n) is 6.43. The van der Waals surface area contributed by atoms with Crippen LogP contribution in [0.15, 0.2) is 21.7 Å². The Kier molecular flexibility index (Phi) is 8.89. The molecule has 2 unspecified atom stereocenters. The first-order chi connectivity index (χ1) is 12.4. The minimum absolute atomic E-state index is 0.154. The molecule has 0 spiro atoms. The molecule has 1 aromatic rings. The van der Waals surface area contributed by atoms with E-state index in [9.17, 15) is 13.2 Å². The number of esters is 1. The molecule has 1 aromatic heterocycles. The topological polar surface area (TPSA) is 72.9 Å².